The molecule has 78 valence electrons. The molecule has 0 aliphatic rings. The van der Waals surface area contributed by atoms with Crippen molar-refractivity contribution in [2.75, 3.05) is 18.4 Å². The molecule has 0 fully saturated rings. The van der Waals surface area contributed by atoms with E-state index in [-0.39, 0.29) is 5.91 Å². The Balaban J connectivity index is 2.56. The first kappa shape index (κ1) is 11.2. The van der Waals surface area contributed by atoms with E-state index in [0.29, 0.717) is 5.69 Å². The van der Waals surface area contributed by atoms with Gasteiger partial charge in [-0.15, -0.1) is 0 Å². The third kappa shape index (κ3) is 2.83. The molecule has 0 unspecified atom stereocenters. The lowest BCUT2D eigenvalue weighted by Crippen LogP contribution is -2.32. The van der Waals surface area contributed by atoms with E-state index >= 15 is 0 Å². The van der Waals surface area contributed by atoms with Crippen LogP contribution in [0.25, 0.3) is 0 Å². The summed E-state index contributed by atoms with van der Waals surface area (Å²) >= 11 is 3.35. The molecule has 0 atom stereocenters. The van der Waals surface area contributed by atoms with E-state index < -0.39 is 0 Å². The minimum absolute atomic E-state index is 0.0194. The second-order valence-electron chi connectivity index (χ2n) is 2.90. The van der Waals surface area contributed by atoms with Gasteiger partial charge in [-0.05, 0) is 19.4 Å². The highest BCUT2D eigenvalue weighted by Gasteiger charge is 2.14. The molecule has 0 saturated carbocycles. The fraction of sp³-hybridized carbons (Fsp3) is 0.556. The third-order valence-electron chi connectivity index (χ3n) is 1.96. The maximum Gasteiger partial charge on any atom is 0.271 e. The van der Waals surface area contributed by atoms with Crippen molar-refractivity contribution in [2.24, 2.45) is 0 Å². The lowest BCUT2D eigenvalue weighted by atomic mass is 10.3. The van der Waals surface area contributed by atoms with E-state index in [4.69, 9.17) is 0 Å². The van der Waals surface area contributed by atoms with Crippen LogP contribution in [0.1, 0.15) is 23.8 Å². The highest BCUT2D eigenvalue weighted by Crippen LogP contribution is 2.02. The topological polar surface area (TPSA) is 49.0 Å². The molecule has 0 spiro atoms. The zero-order valence-electron chi connectivity index (χ0n) is 8.16. The van der Waals surface area contributed by atoms with Gasteiger partial charge in [0.2, 0.25) is 0 Å². The highest BCUT2D eigenvalue weighted by molar-refractivity contribution is 9.09. The fourth-order valence-corrected chi connectivity index (χ4v) is 1.45. The number of carbonyl (C=O) groups excluding carboxylic acids is 1. The van der Waals surface area contributed by atoms with Gasteiger partial charge in [0.05, 0.1) is 0 Å². The number of aromatic nitrogens is 2. The van der Waals surface area contributed by atoms with Crippen LogP contribution >= 0.6 is 15.9 Å². The number of carbonyl (C=O) groups is 1. The quantitative estimate of drug-likeness (QED) is 0.818. The summed E-state index contributed by atoms with van der Waals surface area (Å²) in [7, 11) is 0. The maximum atomic E-state index is 11.8. The number of hydrogen-bond donors (Lipinski definition) is 1. The van der Waals surface area contributed by atoms with E-state index in [1.807, 2.05) is 6.92 Å². The van der Waals surface area contributed by atoms with Gasteiger partial charge in [-0.1, -0.05) is 15.9 Å². The van der Waals surface area contributed by atoms with Crippen molar-refractivity contribution < 1.29 is 4.79 Å². The molecule has 0 aliphatic carbocycles. The molecule has 1 aromatic rings. The number of alkyl halides is 1. The van der Waals surface area contributed by atoms with Gasteiger partial charge in [0.15, 0.2) is 0 Å². The van der Waals surface area contributed by atoms with Crippen LogP contribution in [0.15, 0.2) is 12.3 Å². The van der Waals surface area contributed by atoms with E-state index in [9.17, 15) is 4.79 Å². The SMILES string of the molecule is CCN(CCCBr)C(=O)c1ccn[nH]1. The molecule has 4 nitrogen and oxygen atoms in total. The monoisotopic (exact) mass is 259 g/mol. The molecule has 14 heavy (non-hydrogen) atoms. The summed E-state index contributed by atoms with van der Waals surface area (Å²) in [4.78, 5) is 13.6. The van der Waals surface area contributed by atoms with Gasteiger partial charge in [-0.3, -0.25) is 9.89 Å². The van der Waals surface area contributed by atoms with Gasteiger partial charge in [0.1, 0.15) is 5.69 Å². The first-order chi connectivity index (χ1) is 6.79. The first-order valence-corrected chi connectivity index (χ1v) is 5.76. The minimum Gasteiger partial charge on any atom is -0.338 e. The van der Waals surface area contributed by atoms with Crippen molar-refractivity contribution in [3.05, 3.63) is 18.0 Å². The van der Waals surface area contributed by atoms with Crippen LogP contribution in [-0.2, 0) is 0 Å². The Kier molecular flexibility index (Phi) is 4.65. The number of hydrogen-bond acceptors (Lipinski definition) is 2. The van der Waals surface area contributed by atoms with Crippen molar-refractivity contribution in [3.63, 3.8) is 0 Å². The molecule has 0 aromatic carbocycles. The number of amides is 1. The zero-order valence-corrected chi connectivity index (χ0v) is 9.75. The molecule has 0 radical (unpaired) electrons. The Bertz CT molecular complexity index is 274. The first-order valence-electron chi connectivity index (χ1n) is 4.64. The van der Waals surface area contributed by atoms with Crippen LogP contribution < -0.4 is 0 Å². The number of nitrogens with one attached hydrogen (secondary N) is 1. The predicted molar refractivity (Wildman–Crippen MR) is 58.6 cm³/mol. The highest BCUT2D eigenvalue weighted by atomic mass is 79.9. The van der Waals surface area contributed by atoms with Crippen LogP contribution in [0, 0.1) is 0 Å². The van der Waals surface area contributed by atoms with Crippen LogP contribution in [-0.4, -0.2) is 39.4 Å². The number of halogens is 1. The van der Waals surface area contributed by atoms with Crippen LogP contribution in [0.5, 0.6) is 0 Å². The van der Waals surface area contributed by atoms with Crippen LogP contribution in [0.2, 0.25) is 0 Å². The molecule has 0 aliphatic heterocycles. The fourth-order valence-electron chi connectivity index (χ4n) is 1.20. The summed E-state index contributed by atoms with van der Waals surface area (Å²) in [6.45, 7) is 3.48. The average Bonchev–Trinajstić information content (AvgIpc) is 2.71. The van der Waals surface area contributed by atoms with Crippen molar-refractivity contribution >= 4 is 21.8 Å². The van der Waals surface area contributed by atoms with Gasteiger partial charge < -0.3 is 4.90 Å². The Morgan fingerprint density at radius 2 is 2.50 bits per heavy atom. The summed E-state index contributed by atoms with van der Waals surface area (Å²) in [6.07, 6.45) is 2.55. The minimum atomic E-state index is 0.0194. The van der Waals surface area contributed by atoms with Gasteiger partial charge in [0, 0.05) is 24.6 Å². The summed E-state index contributed by atoms with van der Waals surface area (Å²) < 4.78 is 0. The lowest BCUT2D eigenvalue weighted by molar-refractivity contribution is 0.0759. The smallest absolute Gasteiger partial charge is 0.271 e. The van der Waals surface area contributed by atoms with Gasteiger partial charge in [-0.25, -0.2) is 0 Å². The Hall–Kier alpha value is -0.840. The predicted octanol–water partition coefficient (Wildman–Crippen LogP) is 1.66. The Labute approximate surface area is 91.8 Å². The van der Waals surface area contributed by atoms with Crippen LogP contribution in [0.3, 0.4) is 0 Å². The second-order valence-corrected chi connectivity index (χ2v) is 3.69. The number of H-pyrrole nitrogens is 1. The van der Waals surface area contributed by atoms with Gasteiger partial charge in [-0.2, -0.15) is 5.10 Å². The Morgan fingerprint density at radius 1 is 1.71 bits per heavy atom. The van der Waals surface area contributed by atoms with E-state index in [1.54, 1.807) is 17.2 Å². The molecular weight excluding hydrogens is 246 g/mol. The average molecular weight is 260 g/mol. The zero-order chi connectivity index (χ0) is 10.4. The molecule has 0 bridgehead atoms. The van der Waals surface area contributed by atoms with Gasteiger partial charge in [0.25, 0.3) is 5.91 Å². The normalized spacial score (nSPS) is 10.1. The van der Waals surface area contributed by atoms with Crippen molar-refractivity contribution in [3.8, 4) is 0 Å². The molecular formula is C9H14BrN3O. The third-order valence-corrected chi connectivity index (χ3v) is 2.52. The van der Waals surface area contributed by atoms with Crippen LogP contribution in [0.4, 0.5) is 0 Å². The molecule has 1 amide bonds. The molecule has 1 rings (SSSR count). The lowest BCUT2D eigenvalue weighted by Gasteiger charge is -2.19. The summed E-state index contributed by atoms with van der Waals surface area (Å²) in [5.41, 5.74) is 0.557. The standard InChI is InChI=1S/C9H14BrN3O/c1-2-13(7-3-5-10)9(14)8-4-6-11-12-8/h4,6H,2-3,5,7H2,1H3,(H,11,12). The summed E-state index contributed by atoms with van der Waals surface area (Å²) in [5.74, 6) is 0.0194. The summed E-state index contributed by atoms with van der Waals surface area (Å²) in [5, 5.41) is 7.35. The molecule has 1 aromatic heterocycles. The largest absolute Gasteiger partial charge is 0.338 e. The number of nitrogens with zero attached hydrogens (tertiary/aromatic N) is 2. The van der Waals surface area contributed by atoms with E-state index in [1.165, 1.54) is 0 Å². The van der Waals surface area contributed by atoms with Crippen molar-refractivity contribution in [1.82, 2.24) is 15.1 Å². The second kappa shape index (κ2) is 5.80. The maximum absolute atomic E-state index is 11.8. The number of rotatable bonds is 5. The molecule has 1 N–H and O–H groups in total. The Morgan fingerprint density at radius 3 is 3.00 bits per heavy atom. The van der Waals surface area contributed by atoms with Crippen molar-refractivity contribution in [1.29, 1.82) is 0 Å². The summed E-state index contributed by atoms with van der Waals surface area (Å²) in [6, 6.07) is 1.69. The van der Waals surface area contributed by atoms with Gasteiger partial charge >= 0.3 is 0 Å². The number of aromatic amines is 1. The van der Waals surface area contributed by atoms with Crippen molar-refractivity contribution in [2.45, 2.75) is 13.3 Å². The molecule has 1 heterocycles. The molecule has 5 heteroatoms. The molecule has 0 saturated heterocycles. The van der Waals surface area contributed by atoms with E-state index in [0.717, 1.165) is 24.8 Å². The van der Waals surface area contributed by atoms with E-state index in [2.05, 4.69) is 26.1 Å².